The average Bonchev–Trinajstić information content (AvgIpc) is 2.98. The molecule has 5 nitrogen and oxygen atoms in total. The van der Waals surface area contributed by atoms with Crippen molar-refractivity contribution in [1.82, 2.24) is 15.0 Å². The SMILES string of the molecule is CCOc1ccc(-c2cn(-c3ccc(N)cc3Cl)nn2)cc1. The number of hydrogen-bond donors (Lipinski definition) is 1. The topological polar surface area (TPSA) is 66.0 Å². The molecule has 0 radical (unpaired) electrons. The van der Waals surface area contributed by atoms with Crippen molar-refractivity contribution in [3.8, 4) is 22.7 Å². The monoisotopic (exact) mass is 314 g/mol. The molecule has 0 aliphatic heterocycles. The molecule has 6 heteroatoms. The second-order valence-corrected chi connectivity index (χ2v) is 5.12. The molecule has 0 spiro atoms. The Hall–Kier alpha value is -2.53. The first-order valence-electron chi connectivity index (χ1n) is 6.88. The Morgan fingerprint density at radius 2 is 1.95 bits per heavy atom. The molecule has 0 aliphatic carbocycles. The molecule has 112 valence electrons. The van der Waals surface area contributed by atoms with Gasteiger partial charge in [-0.1, -0.05) is 16.8 Å². The van der Waals surface area contributed by atoms with E-state index in [9.17, 15) is 0 Å². The van der Waals surface area contributed by atoms with E-state index in [1.807, 2.05) is 43.5 Å². The third kappa shape index (κ3) is 2.89. The molecule has 0 unspecified atom stereocenters. The zero-order valence-corrected chi connectivity index (χ0v) is 12.8. The molecule has 0 saturated carbocycles. The highest BCUT2D eigenvalue weighted by Crippen LogP contribution is 2.25. The molecule has 2 N–H and O–H groups in total. The predicted molar refractivity (Wildman–Crippen MR) is 87.4 cm³/mol. The number of nitrogen functional groups attached to an aromatic ring is 1. The predicted octanol–water partition coefficient (Wildman–Crippen LogP) is 3.57. The lowest BCUT2D eigenvalue weighted by molar-refractivity contribution is 0.340. The van der Waals surface area contributed by atoms with E-state index in [1.54, 1.807) is 16.8 Å². The fraction of sp³-hybridized carbons (Fsp3) is 0.125. The number of rotatable bonds is 4. The molecule has 3 aromatic rings. The molecule has 22 heavy (non-hydrogen) atoms. The molecule has 0 bridgehead atoms. The van der Waals surface area contributed by atoms with Crippen molar-refractivity contribution in [3.05, 3.63) is 53.7 Å². The maximum Gasteiger partial charge on any atom is 0.119 e. The summed E-state index contributed by atoms with van der Waals surface area (Å²) in [7, 11) is 0. The first-order chi connectivity index (χ1) is 10.7. The van der Waals surface area contributed by atoms with Crippen LogP contribution in [0.4, 0.5) is 5.69 Å². The second kappa shape index (κ2) is 6.07. The van der Waals surface area contributed by atoms with E-state index in [0.717, 1.165) is 22.7 Å². The summed E-state index contributed by atoms with van der Waals surface area (Å²) in [6.07, 6.45) is 1.83. The Morgan fingerprint density at radius 1 is 1.18 bits per heavy atom. The van der Waals surface area contributed by atoms with Gasteiger partial charge in [0.05, 0.1) is 23.5 Å². The molecule has 0 saturated heterocycles. The van der Waals surface area contributed by atoms with Gasteiger partial charge in [-0.2, -0.15) is 0 Å². The van der Waals surface area contributed by atoms with Gasteiger partial charge < -0.3 is 10.5 Å². The lowest BCUT2D eigenvalue weighted by Gasteiger charge is -2.04. The van der Waals surface area contributed by atoms with Gasteiger partial charge in [0.1, 0.15) is 11.4 Å². The molecule has 0 aliphatic rings. The van der Waals surface area contributed by atoms with E-state index in [1.165, 1.54) is 0 Å². The van der Waals surface area contributed by atoms with E-state index < -0.39 is 0 Å². The van der Waals surface area contributed by atoms with Crippen LogP contribution in [0, 0.1) is 0 Å². The van der Waals surface area contributed by atoms with Crippen LogP contribution in [0.5, 0.6) is 5.75 Å². The summed E-state index contributed by atoms with van der Waals surface area (Å²) in [5.74, 6) is 0.834. The van der Waals surface area contributed by atoms with E-state index >= 15 is 0 Å². The molecule has 0 atom stereocenters. The zero-order chi connectivity index (χ0) is 15.5. The van der Waals surface area contributed by atoms with E-state index in [-0.39, 0.29) is 0 Å². The van der Waals surface area contributed by atoms with Gasteiger partial charge in [0.25, 0.3) is 0 Å². The maximum absolute atomic E-state index is 6.19. The van der Waals surface area contributed by atoms with Crippen molar-refractivity contribution in [2.24, 2.45) is 0 Å². The van der Waals surface area contributed by atoms with Crippen LogP contribution in [-0.4, -0.2) is 21.6 Å². The van der Waals surface area contributed by atoms with Crippen molar-refractivity contribution in [2.75, 3.05) is 12.3 Å². The summed E-state index contributed by atoms with van der Waals surface area (Å²) in [5.41, 5.74) is 8.77. The highest BCUT2D eigenvalue weighted by Gasteiger charge is 2.08. The van der Waals surface area contributed by atoms with Gasteiger partial charge in [0.2, 0.25) is 0 Å². The molecular weight excluding hydrogens is 300 g/mol. The quantitative estimate of drug-likeness (QED) is 0.748. The van der Waals surface area contributed by atoms with Gasteiger partial charge in [-0.3, -0.25) is 0 Å². The van der Waals surface area contributed by atoms with Crippen molar-refractivity contribution in [3.63, 3.8) is 0 Å². The Bertz CT molecular complexity index is 783. The summed E-state index contributed by atoms with van der Waals surface area (Å²) in [6.45, 7) is 2.60. The summed E-state index contributed by atoms with van der Waals surface area (Å²) in [4.78, 5) is 0. The van der Waals surface area contributed by atoms with Crippen molar-refractivity contribution in [2.45, 2.75) is 6.92 Å². The van der Waals surface area contributed by atoms with Gasteiger partial charge in [-0.15, -0.1) is 5.10 Å². The number of benzene rings is 2. The molecule has 3 rings (SSSR count). The largest absolute Gasteiger partial charge is 0.494 e. The van der Waals surface area contributed by atoms with Crippen LogP contribution < -0.4 is 10.5 Å². The van der Waals surface area contributed by atoms with Crippen LogP contribution in [0.15, 0.2) is 48.7 Å². The fourth-order valence-corrected chi connectivity index (χ4v) is 2.39. The zero-order valence-electron chi connectivity index (χ0n) is 12.0. The van der Waals surface area contributed by atoms with Crippen LogP contribution in [0.3, 0.4) is 0 Å². The van der Waals surface area contributed by atoms with Gasteiger partial charge in [-0.05, 0) is 49.4 Å². The molecule has 1 heterocycles. The van der Waals surface area contributed by atoms with Crippen LogP contribution in [-0.2, 0) is 0 Å². The van der Waals surface area contributed by atoms with Gasteiger partial charge >= 0.3 is 0 Å². The summed E-state index contributed by atoms with van der Waals surface area (Å²) >= 11 is 6.19. The standard InChI is InChI=1S/C16H15ClN4O/c1-2-22-13-6-3-11(4-7-13)15-10-21(20-19-15)16-8-5-12(18)9-14(16)17/h3-10H,2,18H2,1H3. The third-order valence-electron chi connectivity index (χ3n) is 3.17. The average molecular weight is 315 g/mol. The number of nitrogens with zero attached hydrogens (tertiary/aromatic N) is 3. The minimum atomic E-state index is 0.531. The summed E-state index contributed by atoms with van der Waals surface area (Å²) < 4.78 is 7.06. The van der Waals surface area contributed by atoms with Crippen LogP contribution in [0.25, 0.3) is 16.9 Å². The number of nitrogens with two attached hydrogens (primary N) is 1. The fourth-order valence-electron chi connectivity index (χ4n) is 2.11. The second-order valence-electron chi connectivity index (χ2n) is 4.72. The smallest absolute Gasteiger partial charge is 0.119 e. The van der Waals surface area contributed by atoms with Crippen molar-refractivity contribution < 1.29 is 4.74 Å². The minimum Gasteiger partial charge on any atom is -0.494 e. The van der Waals surface area contributed by atoms with Gasteiger partial charge in [-0.25, -0.2) is 4.68 Å². The van der Waals surface area contributed by atoms with E-state index in [4.69, 9.17) is 22.1 Å². The van der Waals surface area contributed by atoms with Crippen LogP contribution in [0.2, 0.25) is 5.02 Å². The summed E-state index contributed by atoms with van der Waals surface area (Å²) in [5, 5.41) is 8.84. The van der Waals surface area contributed by atoms with Gasteiger partial charge in [0, 0.05) is 11.3 Å². The van der Waals surface area contributed by atoms with E-state index in [2.05, 4.69) is 10.3 Å². The Morgan fingerprint density at radius 3 is 2.64 bits per heavy atom. The van der Waals surface area contributed by atoms with Crippen LogP contribution in [0.1, 0.15) is 6.92 Å². The number of hydrogen-bond acceptors (Lipinski definition) is 4. The molecule has 0 amide bonds. The van der Waals surface area contributed by atoms with Crippen molar-refractivity contribution in [1.29, 1.82) is 0 Å². The van der Waals surface area contributed by atoms with Crippen molar-refractivity contribution >= 4 is 17.3 Å². The summed E-state index contributed by atoms with van der Waals surface area (Å²) in [6, 6.07) is 13.0. The van der Waals surface area contributed by atoms with Crippen LogP contribution >= 0.6 is 11.6 Å². The first-order valence-corrected chi connectivity index (χ1v) is 7.26. The number of halogens is 1. The lowest BCUT2D eigenvalue weighted by atomic mass is 10.1. The Labute approximate surface area is 133 Å². The molecule has 2 aromatic carbocycles. The maximum atomic E-state index is 6.19. The lowest BCUT2D eigenvalue weighted by Crippen LogP contribution is -1.96. The third-order valence-corrected chi connectivity index (χ3v) is 3.48. The number of anilines is 1. The Balaban J connectivity index is 1.90. The molecular formula is C16H15ClN4O. The highest BCUT2D eigenvalue weighted by atomic mass is 35.5. The van der Waals surface area contributed by atoms with E-state index in [0.29, 0.717) is 17.3 Å². The Kier molecular flexibility index (Phi) is 3.98. The highest BCUT2D eigenvalue weighted by molar-refractivity contribution is 6.32. The molecule has 1 aromatic heterocycles. The first kappa shape index (κ1) is 14.4. The number of aromatic nitrogens is 3. The van der Waals surface area contributed by atoms with Gasteiger partial charge in [0.15, 0.2) is 0 Å². The minimum absolute atomic E-state index is 0.531. The molecule has 0 fully saturated rings. The normalized spacial score (nSPS) is 10.6. The number of ether oxygens (including phenoxy) is 1.